The first kappa shape index (κ1) is 23.8. The van der Waals surface area contributed by atoms with E-state index in [1.165, 1.54) is 0 Å². The third-order valence-corrected chi connectivity index (χ3v) is 6.19. The van der Waals surface area contributed by atoms with Crippen LogP contribution in [-0.4, -0.2) is 18.7 Å². The number of carbonyl (C=O) groups excluding carboxylic acids is 2. The first-order valence-corrected chi connectivity index (χ1v) is 12.0. The summed E-state index contributed by atoms with van der Waals surface area (Å²) in [4.78, 5) is 28.9. The van der Waals surface area contributed by atoms with E-state index in [9.17, 15) is 9.59 Å². The smallest absolute Gasteiger partial charge is 0.193 e. The number of para-hydroxylation sites is 2. The molecule has 0 bridgehead atoms. The molecule has 0 N–H and O–H groups in total. The van der Waals surface area contributed by atoms with Crippen LogP contribution in [0.5, 0.6) is 5.75 Å². The SMILES string of the molecule is COc1ccc(C(=O)c2ccccc2C(=O)c2ccc(N(c3ccccc3)c3ccccc3)cc2)cc1. The van der Waals surface area contributed by atoms with Crippen LogP contribution >= 0.6 is 0 Å². The first-order chi connectivity index (χ1) is 18.2. The minimum Gasteiger partial charge on any atom is -0.497 e. The van der Waals surface area contributed by atoms with Gasteiger partial charge in [-0.1, -0.05) is 60.7 Å². The Hall–Kier alpha value is -4.96. The summed E-state index contributed by atoms with van der Waals surface area (Å²) in [6, 6.07) is 41.5. The van der Waals surface area contributed by atoms with Crippen molar-refractivity contribution in [2.24, 2.45) is 0 Å². The second kappa shape index (κ2) is 10.8. The Balaban J connectivity index is 1.46. The fourth-order valence-corrected chi connectivity index (χ4v) is 4.30. The Morgan fingerprint density at radius 1 is 0.486 bits per heavy atom. The summed E-state index contributed by atoms with van der Waals surface area (Å²) < 4.78 is 5.19. The monoisotopic (exact) mass is 483 g/mol. The molecule has 0 fully saturated rings. The number of nitrogens with zero attached hydrogens (tertiary/aromatic N) is 1. The maximum absolute atomic E-state index is 13.5. The van der Waals surface area contributed by atoms with Gasteiger partial charge in [-0.2, -0.15) is 0 Å². The molecule has 4 heteroatoms. The van der Waals surface area contributed by atoms with Crippen molar-refractivity contribution < 1.29 is 14.3 Å². The van der Waals surface area contributed by atoms with Crippen molar-refractivity contribution in [2.45, 2.75) is 0 Å². The van der Waals surface area contributed by atoms with E-state index in [-0.39, 0.29) is 11.6 Å². The van der Waals surface area contributed by atoms with E-state index in [0.717, 1.165) is 17.1 Å². The fourth-order valence-electron chi connectivity index (χ4n) is 4.30. The van der Waals surface area contributed by atoms with Gasteiger partial charge in [0.2, 0.25) is 0 Å². The van der Waals surface area contributed by atoms with Crippen molar-refractivity contribution >= 4 is 28.6 Å². The van der Waals surface area contributed by atoms with Gasteiger partial charge in [-0.3, -0.25) is 9.59 Å². The van der Waals surface area contributed by atoms with Crippen LogP contribution in [0.15, 0.2) is 133 Å². The van der Waals surface area contributed by atoms with Crippen molar-refractivity contribution in [3.63, 3.8) is 0 Å². The van der Waals surface area contributed by atoms with Crippen LogP contribution in [0, 0.1) is 0 Å². The van der Waals surface area contributed by atoms with Crippen LogP contribution in [0.25, 0.3) is 0 Å². The lowest BCUT2D eigenvalue weighted by Gasteiger charge is -2.25. The minimum absolute atomic E-state index is 0.199. The molecule has 0 unspecified atom stereocenters. The standard InChI is InChI=1S/C33H25NO3/c1-37-29-22-18-25(19-23-29)33(36)31-15-9-8-14-30(31)32(35)24-16-20-28(21-17-24)34(26-10-4-2-5-11-26)27-12-6-3-7-13-27/h2-23H,1H3. The quantitative estimate of drug-likeness (QED) is 0.213. The predicted octanol–water partition coefficient (Wildman–Crippen LogP) is 7.63. The lowest BCUT2D eigenvalue weighted by molar-refractivity contribution is 0.100. The molecule has 0 aliphatic rings. The lowest BCUT2D eigenvalue weighted by atomic mass is 9.93. The third-order valence-electron chi connectivity index (χ3n) is 6.19. The number of hydrogen-bond acceptors (Lipinski definition) is 4. The number of carbonyl (C=O) groups is 2. The molecule has 4 nitrogen and oxygen atoms in total. The van der Waals surface area contributed by atoms with Crippen LogP contribution in [0.1, 0.15) is 31.8 Å². The predicted molar refractivity (Wildman–Crippen MR) is 147 cm³/mol. The van der Waals surface area contributed by atoms with Crippen molar-refractivity contribution in [1.29, 1.82) is 0 Å². The maximum Gasteiger partial charge on any atom is 0.193 e. The molecule has 0 amide bonds. The highest BCUT2D eigenvalue weighted by molar-refractivity contribution is 6.19. The zero-order valence-corrected chi connectivity index (χ0v) is 20.4. The molecule has 0 heterocycles. The number of hydrogen-bond donors (Lipinski definition) is 0. The number of anilines is 3. The highest BCUT2D eigenvalue weighted by Gasteiger charge is 2.20. The molecule has 0 saturated heterocycles. The molecular weight excluding hydrogens is 458 g/mol. The summed E-state index contributed by atoms with van der Waals surface area (Å²) in [6.45, 7) is 0. The highest BCUT2D eigenvalue weighted by Crippen LogP contribution is 2.34. The third kappa shape index (κ3) is 5.04. The molecule has 5 aromatic rings. The van der Waals surface area contributed by atoms with Gasteiger partial charge in [0.25, 0.3) is 0 Å². The van der Waals surface area contributed by atoms with Crippen LogP contribution in [0.4, 0.5) is 17.1 Å². The summed E-state index contributed by atoms with van der Waals surface area (Å²) in [6.07, 6.45) is 0. The molecule has 0 spiro atoms. The van der Waals surface area contributed by atoms with Gasteiger partial charge in [0.15, 0.2) is 11.6 Å². The van der Waals surface area contributed by atoms with Crippen molar-refractivity contribution in [1.82, 2.24) is 0 Å². The average molecular weight is 484 g/mol. The van der Waals surface area contributed by atoms with Crippen LogP contribution < -0.4 is 9.64 Å². The molecule has 0 aliphatic carbocycles. The van der Waals surface area contributed by atoms with Gasteiger partial charge in [0.05, 0.1) is 7.11 Å². The average Bonchev–Trinajstić information content (AvgIpc) is 2.98. The van der Waals surface area contributed by atoms with Crippen molar-refractivity contribution in [2.75, 3.05) is 12.0 Å². The van der Waals surface area contributed by atoms with Gasteiger partial charge < -0.3 is 9.64 Å². The van der Waals surface area contributed by atoms with Crippen LogP contribution in [0.2, 0.25) is 0 Å². The highest BCUT2D eigenvalue weighted by atomic mass is 16.5. The molecule has 37 heavy (non-hydrogen) atoms. The fraction of sp³-hybridized carbons (Fsp3) is 0.0303. The summed E-state index contributed by atoms with van der Waals surface area (Å²) in [7, 11) is 1.58. The number of benzene rings is 5. The van der Waals surface area contributed by atoms with Gasteiger partial charge in [-0.25, -0.2) is 0 Å². The second-order valence-electron chi connectivity index (χ2n) is 8.49. The van der Waals surface area contributed by atoms with Gasteiger partial charge >= 0.3 is 0 Å². The van der Waals surface area contributed by atoms with Gasteiger partial charge in [0.1, 0.15) is 5.75 Å². The molecule has 0 aromatic heterocycles. The van der Waals surface area contributed by atoms with E-state index in [4.69, 9.17) is 4.74 Å². The van der Waals surface area contributed by atoms with Crippen LogP contribution in [0.3, 0.4) is 0 Å². The Bertz CT molecular complexity index is 1470. The van der Waals surface area contributed by atoms with Gasteiger partial charge in [0, 0.05) is 39.3 Å². The molecule has 0 saturated carbocycles. The number of rotatable bonds is 8. The van der Waals surface area contributed by atoms with E-state index in [1.54, 1.807) is 55.6 Å². The molecule has 0 atom stereocenters. The number of ether oxygens (including phenoxy) is 1. The Morgan fingerprint density at radius 2 is 0.865 bits per heavy atom. The maximum atomic E-state index is 13.5. The molecular formula is C33H25NO3. The molecule has 0 aliphatic heterocycles. The van der Waals surface area contributed by atoms with E-state index in [0.29, 0.717) is 28.0 Å². The van der Waals surface area contributed by atoms with Crippen molar-refractivity contribution in [3.05, 3.63) is 156 Å². The summed E-state index contributed by atoms with van der Waals surface area (Å²) >= 11 is 0. The second-order valence-corrected chi connectivity index (χ2v) is 8.49. The molecule has 5 aromatic carbocycles. The minimum atomic E-state index is -0.206. The Morgan fingerprint density at radius 3 is 1.30 bits per heavy atom. The van der Waals surface area contributed by atoms with E-state index < -0.39 is 0 Å². The number of methoxy groups -OCH3 is 1. The van der Waals surface area contributed by atoms with Crippen molar-refractivity contribution in [3.8, 4) is 5.75 Å². The van der Waals surface area contributed by atoms with Crippen LogP contribution in [-0.2, 0) is 0 Å². The largest absolute Gasteiger partial charge is 0.497 e. The topological polar surface area (TPSA) is 46.6 Å². The normalized spacial score (nSPS) is 10.5. The summed E-state index contributed by atoms with van der Waals surface area (Å²) in [5, 5.41) is 0. The van der Waals surface area contributed by atoms with E-state index in [1.807, 2.05) is 84.9 Å². The zero-order valence-electron chi connectivity index (χ0n) is 20.4. The zero-order chi connectivity index (χ0) is 25.6. The van der Waals surface area contributed by atoms with E-state index >= 15 is 0 Å². The first-order valence-electron chi connectivity index (χ1n) is 12.0. The van der Waals surface area contributed by atoms with Gasteiger partial charge in [-0.05, 0) is 72.8 Å². The summed E-state index contributed by atoms with van der Waals surface area (Å²) in [5.41, 5.74) is 4.72. The molecule has 0 radical (unpaired) electrons. The van der Waals surface area contributed by atoms with E-state index in [2.05, 4.69) is 4.90 Å². The van der Waals surface area contributed by atoms with Gasteiger partial charge in [-0.15, -0.1) is 0 Å². The Labute approximate surface area is 216 Å². The number of ketones is 2. The Kier molecular flexibility index (Phi) is 6.91. The molecule has 180 valence electrons. The summed E-state index contributed by atoms with van der Waals surface area (Å²) in [5.74, 6) is 0.263. The molecule has 5 rings (SSSR count). The lowest BCUT2D eigenvalue weighted by Crippen LogP contribution is -2.12.